The first-order valence-electron chi connectivity index (χ1n) is 5.58. The highest BCUT2D eigenvalue weighted by Crippen LogP contribution is 2.18. The van der Waals surface area contributed by atoms with Crippen molar-refractivity contribution >= 4 is 5.97 Å². The summed E-state index contributed by atoms with van der Waals surface area (Å²) in [6.45, 7) is 3.71. The van der Waals surface area contributed by atoms with Gasteiger partial charge in [-0.15, -0.1) is 0 Å². The van der Waals surface area contributed by atoms with E-state index in [-0.39, 0.29) is 5.97 Å². The summed E-state index contributed by atoms with van der Waals surface area (Å²) in [5.74, 6) is -0.106. The Morgan fingerprint density at radius 1 is 1.43 bits per heavy atom. The first-order chi connectivity index (χ1) is 6.77. The highest BCUT2D eigenvalue weighted by atomic mass is 16.5. The largest absolute Gasteiger partial charge is 0.468 e. The van der Waals surface area contributed by atoms with Crippen molar-refractivity contribution in [3.05, 3.63) is 0 Å². The van der Waals surface area contributed by atoms with Gasteiger partial charge >= 0.3 is 5.97 Å². The average Bonchev–Trinajstić information content (AvgIpc) is 2.42. The molecule has 3 heteroatoms. The molecule has 1 saturated heterocycles. The minimum atomic E-state index is -0.106. The van der Waals surface area contributed by atoms with E-state index in [1.807, 2.05) is 0 Å². The Bertz CT molecular complexity index is 182. The lowest BCUT2D eigenvalue weighted by Gasteiger charge is -2.27. The van der Waals surface area contributed by atoms with Gasteiger partial charge in [0.1, 0.15) is 0 Å². The summed E-state index contributed by atoms with van der Waals surface area (Å²) in [5.41, 5.74) is 0. The third kappa shape index (κ3) is 3.29. The van der Waals surface area contributed by atoms with Crippen LogP contribution in [0, 0.1) is 0 Å². The number of nitrogens with zero attached hydrogens (tertiary/aromatic N) is 1. The Labute approximate surface area is 86.4 Å². The van der Waals surface area contributed by atoms with Crippen LogP contribution in [-0.4, -0.2) is 37.1 Å². The number of ether oxygens (including phenoxy) is 1. The summed E-state index contributed by atoms with van der Waals surface area (Å²) < 4.78 is 4.71. The number of esters is 1. The molecule has 0 spiro atoms. The van der Waals surface area contributed by atoms with Crippen LogP contribution in [0.15, 0.2) is 0 Å². The van der Waals surface area contributed by atoms with Gasteiger partial charge in [-0.1, -0.05) is 19.8 Å². The van der Waals surface area contributed by atoms with Crippen molar-refractivity contribution in [2.75, 3.05) is 20.2 Å². The van der Waals surface area contributed by atoms with Crippen LogP contribution >= 0.6 is 0 Å². The summed E-state index contributed by atoms with van der Waals surface area (Å²) in [6, 6.07) is 0.580. The summed E-state index contributed by atoms with van der Waals surface area (Å²) in [4.78, 5) is 13.5. The van der Waals surface area contributed by atoms with Gasteiger partial charge in [-0.05, 0) is 25.8 Å². The molecule has 3 nitrogen and oxygen atoms in total. The van der Waals surface area contributed by atoms with Gasteiger partial charge in [0.05, 0.1) is 13.7 Å². The molecule has 1 heterocycles. The van der Waals surface area contributed by atoms with Gasteiger partial charge in [0.15, 0.2) is 0 Å². The zero-order chi connectivity index (χ0) is 10.4. The molecule has 0 radical (unpaired) electrons. The van der Waals surface area contributed by atoms with E-state index < -0.39 is 0 Å². The van der Waals surface area contributed by atoms with Gasteiger partial charge in [0.2, 0.25) is 0 Å². The molecule has 0 saturated carbocycles. The van der Waals surface area contributed by atoms with Crippen LogP contribution in [0.3, 0.4) is 0 Å². The maximum absolute atomic E-state index is 11.2. The van der Waals surface area contributed by atoms with E-state index in [4.69, 9.17) is 4.74 Å². The van der Waals surface area contributed by atoms with Gasteiger partial charge in [-0.25, -0.2) is 0 Å². The Morgan fingerprint density at radius 2 is 2.21 bits per heavy atom. The smallest absolute Gasteiger partial charge is 0.319 e. The zero-order valence-electron chi connectivity index (χ0n) is 9.29. The van der Waals surface area contributed by atoms with Gasteiger partial charge in [-0.3, -0.25) is 9.69 Å². The topological polar surface area (TPSA) is 29.5 Å². The lowest BCUT2D eigenvalue weighted by Crippen LogP contribution is -2.38. The molecule has 1 fully saturated rings. The molecule has 14 heavy (non-hydrogen) atoms. The minimum absolute atomic E-state index is 0.106. The second-order valence-corrected chi connectivity index (χ2v) is 3.96. The van der Waals surface area contributed by atoms with E-state index in [1.54, 1.807) is 0 Å². The van der Waals surface area contributed by atoms with Crippen LogP contribution in [0.1, 0.15) is 39.0 Å². The Hall–Kier alpha value is -0.570. The molecule has 1 unspecified atom stereocenters. The summed E-state index contributed by atoms with van der Waals surface area (Å²) in [7, 11) is 1.46. The van der Waals surface area contributed by atoms with Gasteiger partial charge < -0.3 is 4.74 Å². The molecular weight excluding hydrogens is 178 g/mol. The van der Waals surface area contributed by atoms with E-state index in [9.17, 15) is 4.79 Å². The number of hydrogen-bond acceptors (Lipinski definition) is 3. The quantitative estimate of drug-likeness (QED) is 0.649. The molecule has 1 rings (SSSR count). The van der Waals surface area contributed by atoms with Crippen LogP contribution < -0.4 is 0 Å². The van der Waals surface area contributed by atoms with E-state index in [0.29, 0.717) is 12.6 Å². The fourth-order valence-corrected chi connectivity index (χ4v) is 2.14. The zero-order valence-corrected chi connectivity index (χ0v) is 9.29. The lowest BCUT2D eigenvalue weighted by molar-refractivity contribution is -0.142. The molecular formula is C11H21NO2. The predicted molar refractivity (Wildman–Crippen MR) is 56.1 cm³/mol. The molecule has 0 N–H and O–H groups in total. The van der Waals surface area contributed by atoms with Gasteiger partial charge in [0, 0.05) is 6.04 Å². The number of hydrogen-bond donors (Lipinski definition) is 0. The normalized spacial score (nSPS) is 24.3. The highest BCUT2D eigenvalue weighted by molar-refractivity contribution is 5.71. The van der Waals surface area contributed by atoms with Crippen LogP contribution in [0.25, 0.3) is 0 Å². The van der Waals surface area contributed by atoms with Crippen molar-refractivity contribution in [2.24, 2.45) is 0 Å². The van der Waals surface area contributed by atoms with Gasteiger partial charge in [0.25, 0.3) is 0 Å². The third-order valence-electron chi connectivity index (χ3n) is 3.03. The number of carbonyl (C=O) groups is 1. The maximum Gasteiger partial charge on any atom is 0.319 e. The van der Waals surface area contributed by atoms with E-state index in [2.05, 4.69) is 11.8 Å². The Kier molecular flexibility index (Phi) is 4.94. The first kappa shape index (κ1) is 11.5. The van der Waals surface area contributed by atoms with Crippen molar-refractivity contribution < 1.29 is 9.53 Å². The van der Waals surface area contributed by atoms with Gasteiger partial charge in [-0.2, -0.15) is 0 Å². The molecule has 0 aliphatic carbocycles. The molecule has 0 bridgehead atoms. The molecule has 0 aromatic carbocycles. The summed E-state index contributed by atoms with van der Waals surface area (Å²) in [5, 5.41) is 0. The van der Waals surface area contributed by atoms with Crippen molar-refractivity contribution in [3.63, 3.8) is 0 Å². The van der Waals surface area contributed by atoms with Crippen LogP contribution in [0.4, 0.5) is 0 Å². The minimum Gasteiger partial charge on any atom is -0.468 e. The number of carbonyl (C=O) groups excluding carboxylic acids is 1. The first-order valence-corrected chi connectivity index (χ1v) is 5.58. The summed E-state index contributed by atoms with van der Waals surface area (Å²) >= 11 is 0. The fraction of sp³-hybridized carbons (Fsp3) is 0.909. The molecule has 1 atom stereocenters. The lowest BCUT2D eigenvalue weighted by atomic mass is 10.1. The monoisotopic (exact) mass is 199 g/mol. The second-order valence-electron chi connectivity index (χ2n) is 3.96. The SMILES string of the molecule is CCC1CCCCCN1CC(=O)OC. The number of likely N-dealkylation sites (tertiary alicyclic amines) is 1. The Morgan fingerprint density at radius 3 is 2.86 bits per heavy atom. The fourth-order valence-electron chi connectivity index (χ4n) is 2.14. The molecule has 0 aromatic heterocycles. The second kappa shape index (κ2) is 6.02. The Balaban J connectivity index is 2.47. The third-order valence-corrected chi connectivity index (χ3v) is 3.03. The van der Waals surface area contributed by atoms with E-state index >= 15 is 0 Å². The number of methoxy groups -OCH3 is 1. The van der Waals surface area contributed by atoms with Crippen LogP contribution in [0.2, 0.25) is 0 Å². The molecule has 0 aromatic rings. The van der Waals surface area contributed by atoms with Crippen molar-refractivity contribution in [1.82, 2.24) is 4.90 Å². The number of rotatable bonds is 3. The molecule has 1 aliphatic heterocycles. The van der Waals surface area contributed by atoms with E-state index in [1.165, 1.54) is 32.8 Å². The molecule has 0 amide bonds. The highest BCUT2D eigenvalue weighted by Gasteiger charge is 2.21. The van der Waals surface area contributed by atoms with Crippen molar-refractivity contribution in [3.8, 4) is 0 Å². The molecule has 82 valence electrons. The van der Waals surface area contributed by atoms with Crippen LogP contribution in [-0.2, 0) is 9.53 Å². The standard InChI is InChI=1S/C11H21NO2/c1-3-10-7-5-4-6-8-12(10)9-11(13)14-2/h10H,3-9H2,1-2H3. The van der Waals surface area contributed by atoms with Crippen LogP contribution in [0.5, 0.6) is 0 Å². The maximum atomic E-state index is 11.2. The summed E-state index contributed by atoms with van der Waals surface area (Å²) in [6.07, 6.45) is 6.18. The van der Waals surface area contributed by atoms with Crippen molar-refractivity contribution in [1.29, 1.82) is 0 Å². The predicted octanol–water partition coefficient (Wildman–Crippen LogP) is 1.81. The molecule has 1 aliphatic rings. The average molecular weight is 199 g/mol. The van der Waals surface area contributed by atoms with E-state index in [0.717, 1.165) is 13.0 Å². The van der Waals surface area contributed by atoms with Crippen molar-refractivity contribution in [2.45, 2.75) is 45.1 Å².